The summed E-state index contributed by atoms with van der Waals surface area (Å²) in [5.74, 6) is -0.0592. The van der Waals surface area contributed by atoms with E-state index in [0.29, 0.717) is 11.3 Å². The van der Waals surface area contributed by atoms with Gasteiger partial charge in [-0.3, -0.25) is 4.79 Å². The third-order valence-corrected chi connectivity index (χ3v) is 3.15. The fourth-order valence-electron chi connectivity index (χ4n) is 1.67. The lowest BCUT2D eigenvalue weighted by Crippen LogP contribution is -2.37. The normalized spacial score (nSPS) is 25.8. The van der Waals surface area contributed by atoms with Crippen LogP contribution in [0, 0.1) is 0 Å². The van der Waals surface area contributed by atoms with E-state index in [9.17, 15) is 15.0 Å². The van der Waals surface area contributed by atoms with Crippen LogP contribution in [0.2, 0.25) is 0 Å². The minimum atomic E-state index is -1.78. The predicted molar refractivity (Wildman–Crippen MR) is 72.8 cm³/mol. The first-order chi connectivity index (χ1) is 8.99. The third kappa shape index (κ3) is 3.44. The van der Waals surface area contributed by atoms with Gasteiger partial charge >= 0.3 is 0 Å². The summed E-state index contributed by atoms with van der Waals surface area (Å²) >= 11 is 5.63. The number of aliphatic hydroxyl groups is 2. The van der Waals surface area contributed by atoms with Crippen molar-refractivity contribution in [3.8, 4) is 0 Å². The number of Topliss-reactive ketones (excluding diaryl/α,β-unsaturated/α-hetero) is 1. The summed E-state index contributed by atoms with van der Waals surface area (Å²) in [5, 5.41) is 20.2. The van der Waals surface area contributed by atoms with Gasteiger partial charge in [0.1, 0.15) is 6.10 Å². The molecular formula is C14H14ClNO3. The fourth-order valence-corrected chi connectivity index (χ4v) is 1.80. The predicted octanol–water partition coefficient (Wildman–Crippen LogP) is 1.20. The molecule has 4 nitrogen and oxygen atoms in total. The number of benzene rings is 1. The highest BCUT2D eigenvalue weighted by atomic mass is 35.5. The number of allylic oxidation sites excluding steroid dienone is 1. The monoisotopic (exact) mass is 279 g/mol. The summed E-state index contributed by atoms with van der Waals surface area (Å²) in [7, 11) is 0. The summed E-state index contributed by atoms with van der Waals surface area (Å²) in [6, 6.07) is 8.91. The number of aliphatic hydroxyl groups excluding tert-OH is 1. The number of carbonyl (C=O) groups excluding carboxylic acids is 1. The second kappa shape index (κ2) is 5.57. The first-order valence-electron chi connectivity index (χ1n) is 5.81. The first kappa shape index (κ1) is 13.8. The van der Waals surface area contributed by atoms with Gasteiger partial charge in [-0.1, -0.05) is 41.9 Å². The smallest absolute Gasteiger partial charge is 0.187 e. The second-order valence-corrected chi connectivity index (χ2v) is 4.88. The van der Waals surface area contributed by atoms with Gasteiger partial charge in [0, 0.05) is 11.3 Å². The molecular weight excluding hydrogens is 266 g/mol. The Balaban J connectivity index is 1.94. The van der Waals surface area contributed by atoms with Crippen molar-refractivity contribution < 1.29 is 15.0 Å². The number of rotatable bonds is 4. The molecule has 2 unspecified atom stereocenters. The summed E-state index contributed by atoms with van der Waals surface area (Å²) in [5.41, 5.74) is 1.16. The molecule has 0 amide bonds. The first-order valence-corrected chi connectivity index (χ1v) is 6.19. The van der Waals surface area contributed by atoms with Gasteiger partial charge in [0.25, 0.3) is 0 Å². The number of nitrogens with one attached hydrogen (secondary N) is 1. The maximum atomic E-state index is 11.8. The van der Waals surface area contributed by atoms with Crippen molar-refractivity contribution in [2.75, 3.05) is 6.54 Å². The largest absolute Gasteiger partial charge is 0.384 e. The van der Waals surface area contributed by atoms with Gasteiger partial charge in [-0.15, -0.1) is 0 Å². The van der Waals surface area contributed by atoms with E-state index in [0.717, 1.165) is 0 Å². The van der Waals surface area contributed by atoms with Gasteiger partial charge in [-0.2, -0.15) is 0 Å². The van der Waals surface area contributed by atoms with Crippen molar-refractivity contribution in [1.29, 1.82) is 0 Å². The lowest BCUT2D eigenvalue weighted by atomic mass is 10.1. The molecule has 19 heavy (non-hydrogen) atoms. The van der Waals surface area contributed by atoms with Crippen LogP contribution in [-0.4, -0.2) is 33.7 Å². The molecule has 0 saturated carbocycles. The Kier molecular flexibility index (Phi) is 4.04. The number of hydrogen-bond acceptors (Lipinski definition) is 4. The Labute approximate surface area is 116 Å². The third-order valence-electron chi connectivity index (χ3n) is 2.80. The highest BCUT2D eigenvalue weighted by Crippen LogP contribution is 2.24. The van der Waals surface area contributed by atoms with E-state index in [2.05, 4.69) is 5.32 Å². The Morgan fingerprint density at radius 3 is 2.68 bits per heavy atom. The summed E-state index contributed by atoms with van der Waals surface area (Å²) in [4.78, 5) is 11.8. The molecule has 100 valence electrons. The van der Waals surface area contributed by atoms with Gasteiger partial charge in [0.2, 0.25) is 0 Å². The lowest BCUT2D eigenvalue weighted by Gasteiger charge is -2.25. The Morgan fingerprint density at radius 1 is 1.37 bits per heavy atom. The minimum absolute atomic E-state index is 0.0592. The molecule has 0 spiro atoms. The molecule has 3 N–H and O–H groups in total. The van der Waals surface area contributed by atoms with Crippen molar-refractivity contribution in [1.82, 2.24) is 5.32 Å². The van der Waals surface area contributed by atoms with Crippen LogP contribution in [0.3, 0.4) is 0 Å². The van der Waals surface area contributed by atoms with Crippen molar-refractivity contribution >= 4 is 17.4 Å². The Bertz CT molecular complexity index is 523. The maximum absolute atomic E-state index is 11.8. The Morgan fingerprint density at radius 2 is 2.05 bits per heavy atom. The highest BCUT2D eigenvalue weighted by Gasteiger charge is 2.31. The molecule has 2 rings (SSSR count). The van der Waals surface area contributed by atoms with Crippen molar-refractivity contribution in [2.45, 2.75) is 11.2 Å². The van der Waals surface area contributed by atoms with Crippen molar-refractivity contribution in [2.24, 2.45) is 0 Å². The topological polar surface area (TPSA) is 69.6 Å². The Hall–Kier alpha value is -1.62. The van der Waals surface area contributed by atoms with E-state index < -0.39 is 11.2 Å². The fraction of sp³-hybridized carbons (Fsp3) is 0.214. The molecule has 0 bridgehead atoms. The number of alkyl halides is 1. The molecule has 1 aromatic carbocycles. The summed E-state index contributed by atoms with van der Waals surface area (Å²) < 4.78 is 0. The van der Waals surface area contributed by atoms with E-state index in [1.165, 1.54) is 18.2 Å². The zero-order valence-electron chi connectivity index (χ0n) is 10.1. The average molecular weight is 280 g/mol. The molecule has 5 heteroatoms. The SMILES string of the molecule is O=C(CNC1=CC(O)C(O)(Cl)C=C1)c1ccccc1. The van der Waals surface area contributed by atoms with Gasteiger partial charge < -0.3 is 15.5 Å². The molecule has 0 fully saturated rings. The van der Waals surface area contributed by atoms with Crippen LogP contribution in [-0.2, 0) is 0 Å². The molecule has 0 saturated heterocycles. The second-order valence-electron chi connectivity index (χ2n) is 4.27. The van der Waals surface area contributed by atoms with Gasteiger partial charge in [0.15, 0.2) is 10.8 Å². The standard InChI is InChI=1S/C14H14ClNO3/c15-14(19)7-6-11(8-13(14)18)16-9-12(17)10-4-2-1-3-5-10/h1-8,13,16,18-19H,9H2. The van der Waals surface area contributed by atoms with E-state index in [-0.39, 0.29) is 12.3 Å². The van der Waals surface area contributed by atoms with E-state index >= 15 is 0 Å². The molecule has 1 aliphatic carbocycles. The van der Waals surface area contributed by atoms with Crippen LogP contribution < -0.4 is 5.32 Å². The average Bonchev–Trinajstić information content (AvgIpc) is 2.41. The van der Waals surface area contributed by atoms with Crippen LogP contribution in [0.15, 0.2) is 54.3 Å². The summed E-state index contributed by atoms with van der Waals surface area (Å²) in [6.07, 6.45) is 2.95. The quantitative estimate of drug-likeness (QED) is 0.572. The van der Waals surface area contributed by atoms with Crippen molar-refractivity contribution in [3.05, 3.63) is 59.8 Å². The molecule has 0 radical (unpaired) electrons. The van der Waals surface area contributed by atoms with Crippen LogP contribution in [0.25, 0.3) is 0 Å². The van der Waals surface area contributed by atoms with Gasteiger partial charge in [-0.05, 0) is 18.2 Å². The molecule has 0 heterocycles. The number of carbonyl (C=O) groups is 1. The van der Waals surface area contributed by atoms with Crippen LogP contribution in [0.4, 0.5) is 0 Å². The van der Waals surface area contributed by atoms with Crippen LogP contribution in [0.5, 0.6) is 0 Å². The molecule has 2 atom stereocenters. The molecule has 0 aliphatic heterocycles. The van der Waals surface area contributed by atoms with Gasteiger partial charge in [-0.25, -0.2) is 0 Å². The van der Waals surface area contributed by atoms with Gasteiger partial charge in [0.05, 0.1) is 6.54 Å². The van der Waals surface area contributed by atoms with Crippen LogP contribution >= 0.6 is 11.6 Å². The molecule has 0 aromatic heterocycles. The maximum Gasteiger partial charge on any atom is 0.187 e. The number of hydrogen-bond donors (Lipinski definition) is 3. The molecule has 1 aliphatic rings. The lowest BCUT2D eigenvalue weighted by molar-refractivity contribution is 0.0468. The van der Waals surface area contributed by atoms with Crippen molar-refractivity contribution in [3.63, 3.8) is 0 Å². The van der Waals surface area contributed by atoms with E-state index in [4.69, 9.17) is 11.6 Å². The van der Waals surface area contributed by atoms with Crippen LogP contribution in [0.1, 0.15) is 10.4 Å². The number of halogens is 1. The van der Waals surface area contributed by atoms with E-state index in [1.807, 2.05) is 6.07 Å². The zero-order chi connectivity index (χ0) is 13.9. The molecule has 1 aromatic rings. The van der Waals surface area contributed by atoms with E-state index in [1.54, 1.807) is 24.3 Å². The highest BCUT2D eigenvalue weighted by molar-refractivity contribution is 6.24. The number of ketones is 1. The minimum Gasteiger partial charge on any atom is -0.384 e. The zero-order valence-corrected chi connectivity index (χ0v) is 10.8. The summed E-state index contributed by atoms with van der Waals surface area (Å²) in [6.45, 7) is 0.105.